The van der Waals surface area contributed by atoms with Crippen molar-refractivity contribution in [2.24, 2.45) is 0 Å². The van der Waals surface area contributed by atoms with Crippen molar-refractivity contribution in [1.82, 2.24) is 4.98 Å². The number of nitrogens with zero attached hydrogens (tertiary/aromatic N) is 1. The highest BCUT2D eigenvalue weighted by molar-refractivity contribution is 5.92. The van der Waals surface area contributed by atoms with Crippen LogP contribution in [0.2, 0.25) is 0 Å². The molecule has 6 nitrogen and oxygen atoms in total. The first-order chi connectivity index (χ1) is 11.0. The number of benzene rings is 1. The third-order valence-corrected chi connectivity index (χ3v) is 3.77. The van der Waals surface area contributed by atoms with E-state index in [2.05, 4.69) is 6.07 Å². The van der Waals surface area contributed by atoms with Gasteiger partial charge in [0.2, 0.25) is 0 Å². The number of hydrogen-bond donors (Lipinski definition) is 3. The molecule has 0 fully saturated rings. The van der Waals surface area contributed by atoms with Crippen LogP contribution >= 0.6 is 0 Å². The smallest absolute Gasteiger partial charge is 0.303 e. The third kappa shape index (κ3) is 4.42. The van der Waals surface area contributed by atoms with E-state index in [4.69, 9.17) is 20.9 Å². The number of hydrogen-bond acceptors (Lipinski definition) is 4. The van der Waals surface area contributed by atoms with Gasteiger partial charge in [-0.1, -0.05) is 18.2 Å². The third-order valence-electron chi connectivity index (χ3n) is 3.77. The topological polar surface area (TPSA) is 114 Å². The van der Waals surface area contributed by atoms with Crippen LogP contribution in [0.1, 0.15) is 36.9 Å². The molecule has 1 aromatic heterocycles. The number of carboxylic acids is 2. The van der Waals surface area contributed by atoms with Gasteiger partial charge in [0.15, 0.2) is 0 Å². The monoisotopic (exact) mass is 316 g/mol. The van der Waals surface area contributed by atoms with Crippen molar-refractivity contribution in [1.29, 1.82) is 0 Å². The Kier molecular flexibility index (Phi) is 5.51. The SMILES string of the molecule is Nc1c2c(nc3ccccc13)CCCC2.O=C(O)CCC(=O)O. The van der Waals surface area contributed by atoms with Crippen molar-refractivity contribution >= 4 is 28.5 Å². The van der Waals surface area contributed by atoms with Crippen molar-refractivity contribution in [2.75, 3.05) is 5.73 Å². The summed E-state index contributed by atoms with van der Waals surface area (Å²) in [6.45, 7) is 0. The highest BCUT2D eigenvalue weighted by Crippen LogP contribution is 2.30. The Labute approximate surface area is 134 Å². The zero-order valence-electron chi connectivity index (χ0n) is 12.8. The summed E-state index contributed by atoms with van der Waals surface area (Å²) < 4.78 is 0. The second kappa shape index (κ2) is 7.58. The molecule has 3 rings (SSSR count). The number of carboxylic acid groups (broad SMARTS) is 2. The highest BCUT2D eigenvalue weighted by atomic mass is 16.4. The van der Waals surface area contributed by atoms with Gasteiger partial charge in [-0.3, -0.25) is 14.6 Å². The second-order valence-corrected chi connectivity index (χ2v) is 5.46. The van der Waals surface area contributed by atoms with Gasteiger partial charge >= 0.3 is 11.9 Å². The van der Waals surface area contributed by atoms with Crippen LogP contribution in [0.4, 0.5) is 5.69 Å². The van der Waals surface area contributed by atoms with E-state index in [-0.39, 0.29) is 12.8 Å². The maximum absolute atomic E-state index is 9.64. The molecule has 1 aliphatic rings. The molecule has 0 saturated carbocycles. The normalized spacial score (nSPS) is 12.9. The van der Waals surface area contributed by atoms with Crippen LogP contribution in [-0.2, 0) is 22.4 Å². The van der Waals surface area contributed by atoms with Crippen LogP contribution in [0, 0.1) is 0 Å². The predicted molar refractivity (Wildman–Crippen MR) is 87.3 cm³/mol. The molecule has 0 atom stereocenters. The first kappa shape index (κ1) is 16.7. The molecule has 0 spiro atoms. The van der Waals surface area contributed by atoms with E-state index in [9.17, 15) is 9.59 Å². The number of carbonyl (C=O) groups is 2. The molecule has 0 bridgehead atoms. The Morgan fingerprint density at radius 1 is 1.04 bits per heavy atom. The van der Waals surface area contributed by atoms with E-state index in [0.717, 1.165) is 29.4 Å². The van der Waals surface area contributed by atoms with Crippen LogP contribution in [0.3, 0.4) is 0 Å². The molecule has 1 aliphatic carbocycles. The standard InChI is InChI=1S/C13H14N2.C4H6O4/c14-13-9-5-1-3-7-11(9)15-12-8-4-2-6-10(12)13;5-3(6)1-2-4(7)8/h1,3,5,7H,2,4,6,8H2,(H2,14,15);1-2H2,(H,5,6)(H,7,8). The number of nitrogens with two attached hydrogens (primary N) is 1. The predicted octanol–water partition coefficient (Wildman–Crippen LogP) is 2.63. The molecule has 0 amide bonds. The lowest BCUT2D eigenvalue weighted by Gasteiger charge is -2.18. The fraction of sp³-hybridized carbons (Fsp3) is 0.353. The summed E-state index contributed by atoms with van der Waals surface area (Å²) in [6.07, 6.45) is 4.09. The Bertz CT molecular complexity index is 714. The van der Waals surface area contributed by atoms with Crippen molar-refractivity contribution in [3.8, 4) is 0 Å². The van der Waals surface area contributed by atoms with Gasteiger partial charge in [-0.05, 0) is 37.3 Å². The fourth-order valence-corrected chi connectivity index (χ4v) is 2.62. The number of anilines is 1. The number of para-hydroxylation sites is 1. The van der Waals surface area contributed by atoms with Crippen LogP contribution in [-0.4, -0.2) is 27.1 Å². The van der Waals surface area contributed by atoms with Gasteiger partial charge in [-0.15, -0.1) is 0 Å². The Morgan fingerprint density at radius 2 is 1.65 bits per heavy atom. The number of aromatic nitrogens is 1. The van der Waals surface area contributed by atoms with E-state index < -0.39 is 11.9 Å². The van der Waals surface area contributed by atoms with E-state index in [1.807, 2.05) is 18.2 Å². The van der Waals surface area contributed by atoms with Gasteiger partial charge in [-0.2, -0.15) is 0 Å². The zero-order valence-corrected chi connectivity index (χ0v) is 12.8. The molecule has 0 unspecified atom stereocenters. The lowest BCUT2D eigenvalue weighted by Crippen LogP contribution is -2.09. The average molecular weight is 316 g/mol. The Morgan fingerprint density at radius 3 is 2.30 bits per heavy atom. The maximum atomic E-state index is 9.64. The molecule has 122 valence electrons. The van der Waals surface area contributed by atoms with Gasteiger partial charge < -0.3 is 15.9 Å². The van der Waals surface area contributed by atoms with E-state index in [1.54, 1.807) is 0 Å². The second-order valence-electron chi connectivity index (χ2n) is 5.46. The number of rotatable bonds is 3. The lowest BCUT2D eigenvalue weighted by molar-refractivity contribution is -0.143. The van der Waals surface area contributed by atoms with E-state index >= 15 is 0 Å². The molecule has 1 heterocycles. The number of fused-ring (bicyclic) bond motifs is 2. The van der Waals surface area contributed by atoms with Crippen molar-refractivity contribution in [2.45, 2.75) is 38.5 Å². The zero-order chi connectivity index (χ0) is 16.8. The molecular weight excluding hydrogens is 296 g/mol. The molecule has 1 aromatic carbocycles. The summed E-state index contributed by atoms with van der Waals surface area (Å²) in [6, 6.07) is 8.15. The fourth-order valence-electron chi connectivity index (χ4n) is 2.62. The summed E-state index contributed by atoms with van der Waals surface area (Å²) in [4.78, 5) is 24.0. The number of nitrogen functional groups attached to an aromatic ring is 1. The minimum absolute atomic E-state index is 0.296. The number of aryl methyl sites for hydroxylation is 1. The summed E-state index contributed by atoms with van der Waals surface area (Å²) in [7, 11) is 0. The minimum atomic E-state index is -1.08. The maximum Gasteiger partial charge on any atom is 0.303 e. The molecule has 0 radical (unpaired) electrons. The van der Waals surface area contributed by atoms with Crippen LogP contribution < -0.4 is 5.73 Å². The molecule has 0 aliphatic heterocycles. The quantitative estimate of drug-likeness (QED) is 0.802. The molecule has 2 aromatic rings. The van der Waals surface area contributed by atoms with Crippen molar-refractivity contribution < 1.29 is 19.8 Å². The summed E-state index contributed by atoms with van der Waals surface area (Å²) in [5.41, 5.74) is 10.7. The molecular formula is C17H20N2O4. The summed E-state index contributed by atoms with van der Waals surface area (Å²) >= 11 is 0. The number of pyridine rings is 1. The van der Waals surface area contributed by atoms with Gasteiger partial charge in [0, 0.05) is 16.8 Å². The summed E-state index contributed by atoms with van der Waals surface area (Å²) in [5.74, 6) is -2.15. The average Bonchev–Trinajstić information content (AvgIpc) is 2.54. The van der Waals surface area contributed by atoms with Gasteiger partial charge in [0.05, 0.1) is 18.4 Å². The molecule has 4 N–H and O–H groups in total. The van der Waals surface area contributed by atoms with Crippen LogP contribution in [0.25, 0.3) is 10.9 Å². The highest BCUT2D eigenvalue weighted by Gasteiger charge is 2.15. The number of aliphatic carboxylic acids is 2. The first-order valence-corrected chi connectivity index (χ1v) is 7.58. The van der Waals surface area contributed by atoms with Crippen molar-refractivity contribution in [3.05, 3.63) is 35.5 Å². The first-order valence-electron chi connectivity index (χ1n) is 7.58. The molecule has 23 heavy (non-hydrogen) atoms. The van der Waals surface area contributed by atoms with E-state index in [1.165, 1.54) is 24.1 Å². The van der Waals surface area contributed by atoms with Crippen LogP contribution in [0.5, 0.6) is 0 Å². The van der Waals surface area contributed by atoms with Gasteiger partial charge in [0.25, 0.3) is 0 Å². The Hall–Kier alpha value is -2.63. The lowest BCUT2D eigenvalue weighted by atomic mass is 9.93. The van der Waals surface area contributed by atoms with Gasteiger partial charge in [0.1, 0.15) is 0 Å². The van der Waals surface area contributed by atoms with Gasteiger partial charge in [-0.25, -0.2) is 0 Å². The molecule has 0 saturated heterocycles. The summed E-state index contributed by atoms with van der Waals surface area (Å²) in [5, 5.41) is 16.9. The van der Waals surface area contributed by atoms with Crippen molar-refractivity contribution in [3.63, 3.8) is 0 Å². The minimum Gasteiger partial charge on any atom is -0.481 e. The Balaban J connectivity index is 0.000000207. The largest absolute Gasteiger partial charge is 0.481 e. The van der Waals surface area contributed by atoms with E-state index in [0.29, 0.717) is 0 Å². The van der Waals surface area contributed by atoms with Crippen LogP contribution in [0.15, 0.2) is 24.3 Å². The molecule has 6 heteroatoms.